The highest BCUT2D eigenvalue weighted by Gasteiger charge is 2.18. The minimum absolute atomic E-state index is 0.273. The standard InChI is InChI=1S/C10H15ClO/c11-8-4-7-10(12)9-5-2-1-3-6-9/h4,7,9H,1-3,5-6,8H2/b7-4+. The summed E-state index contributed by atoms with van der Waals surface area (Å²) in [4.78, 5) is 11.4. The number of hydrogen-bond acceptors (Lipinski definition) is 1. The SMILES string of the molecule is O=C(/C=C/CCl)C1CCCCC1. The molecule has 0 aromatic carbocycles. The van der Waals surface area contributed by atoms with E-state index >= 15 is 0 Å². The fourth-order valence-corrected chi connectivity index (χ4v) is 1.77. The molecule has 1 aliphatic carbocycles. The Kier molecular flexibility index (Phi) is 4.37. The Labute approximate surface area is 78.8 Å². The molecule has 0 bridgehead atoms. The van der Waals surface area contributed by atoms with Gasteiger partial charge in [-0.15, -0.1) is 11.6 Å². The molecule has 0 unspecified atom stereocenters. The Morgan fingerprint density at radius 1 is 1.33 bits per heavy atom. The van der Waals surface area contributed by atoms with Gasteiger partial charge in [0.05, 0.1) is 0 Å². The van der Waals surface area contributed by atoms with Crippen molar-refractivity contribution in [2.75, 3.05) is 5.88 Å². The van der Waals surface area contributed by atoms with Crippen LogP contribution in [0, 0.1) is 5.92 Å². The van der Waals surface area contributed by atoms with Crippen LogP contribution < -0.4 is 0 Å². The molecule has 1 fully saturated rings. The number of carbonyl (C=O) groups is 1. The summed E-state index contributed by atoms with van der Waals surface area (Å²) in [7, 11) is 0. The Bertz CT molecular complexity index is 169. The van der Waals surface area contributed by atoms with Gasteiger partial charge in [0.1, 0.15) is 0 Å². The van der Waals surface area contributed by atoms with Crippen LogP contribution in [0.1, 0.15) is 32.1 Å². The summed E-state index contributed by atoms with van der Waals surface area (Å²) >= 11 is 5.45. The van der Waals surface area contributed by atoms with Crippen molar-refractivity contribution in [1.82, 2.24) is 0 Å². The normalized spacial score (nSPS) is 20.1. The Balaban J connectivity index is 2.34. The van der Waals surface area contributed by atoms with E-state index in [9.17, 15) is 4.79 Å². The molecule has 0 aromatic heterocycles. The summed E-state index contributed by atoms with van der Waals surface area (Å²) in [5, 5.41) is 0. The van der Waals surface area contributed by atoms with Crippen LogP contribution in [0.25, 0.3) is 0 Å². The molecule has 0 aromatic rings. The molecule has 0 amide bonds. The second kappa shape index (κ2) is 5.36. The Hall–Kier alpha value is -0.300. The molecule has 0 N–H and O–H groups in total. The minimum atomic E-state index is 0.273. The van der Waals surface area contributed by atoms with Gasteiger partial charge in [0, 0.05) is 11.8 Å². The van der Waals surface area contributed by atoms with Crippen molar-refractivity contribution in [2.24, 2.45) is 5.92 Å². The van der Waals surface area contributed by atoms with Crippen LogP contribution in [-0.2, 0) is 4.79 Å². The number of allylic oxidation sites excluding steroid dienone is 2. The van der Waals surface area contributed by atoms with Crippen molar-refractivity contribution in [3.63, 3.8) is 0 Å². The van der Waals surface area contributed by atoms with E-state index in [-0.39, 0.29) is 5.78 Å². The van der Waals surface area contributed by atoms with E-state index < -0.39 is 0 Å². The first-order chi connectivity index (χ1) is 5.84. The number of carbonyl (C=O) groups excluding carboxylic acids is 1. The van der Waals surface area contributed by atoms with Gasteiger partial charge in [-0.3, -0.25) is 4.79 Å². The molecule has 1 nitrogen and oxygen atoms in total. The van der Waals surface area contributed by atoms with Crippen LogP contribution in [0.2, 0.25) is 0 Å². The van der Waals surface area contributed by atoms with E-state index in [2.05, 4.69) is 0 Å². The Morgan fingerprint density at radius 2 is 2.00 bits per heavy atom. The summed E-state index contributed by atoms with van der Waals surface area (Å²) in [5.74, 6) is 1.01. The molecule has 0 spiro atoms. The first-order valence-electron chi connectivity index (χ1n) is 4.61. The molecule has 12 heavy (non-hydrogen) atoms. The van der Waals surface area contributed by atoms with E-state index in [1.165, 1.54) is 19.3 Å². The molecule has 0 radical (unpaired) electrons. The van der Waals surface area contributed by atoms with E-state index in [0.717, 1.165) is 12.8 Å². The number of hydrogen-bond donors (Lipinski definition) is 0. The number of rotatable bonds is 3. The van der Waals surface area contributed by atoms with E-state index in [1.54, 1.807) is 12.2 Å². The number of ketones is 1. The summed E-state index contributed by atoms with van der Waals surface area (Å²) in [6.07, 6.45) is 9.25. The lowest BCUT2D eigenvalue weighted by Crippen LogP contribution is -2.15. The fraction of sp³-hybridized carbons (Fsp3) is 0.700. The first-order valence-corrected chi connectivity index (χ1v) is 5.14. The summed E-state index contributed by atoms with van der Waals surface area (Å²) < 4.78 is 0. The van der Waals surface area contributed by atoms with Crippen LogP contribution in [0.3, 0.4) is 0 Å². The van der Waals surface area contributed by atoms with Gasteiger partial charge >= 0.3 is 0 Å². The Morgan fingerprint density at radius 3 is 2.58 bits per heavy atom. The zero-order valence-corrected chi connectivity index (χ0v) is 8.02. The van der Waals surface area contributed by atoms with Gasteiger partial charge in [-0.05, 0) is 18.9 Å². The topological polar surface area (TPSA) is 17.1 Å². The van der Waals surface area contributed by atoms with Gasteiger partial charge < -0.3 is 0 Å². The van der Waals surface area contributed by atoms with Crippen molar-refractivity contribution in [2.45, 2.75) is 32.1 Å². The van der Waals surface area contributed by atoms with Crippen LogP contribution in [0.4, 0.5) is 0 Å². The molecule has 0 saturated heterocycles. The van der Waals surface area contributed by atoms with E-state index in [1.807, 2.05) is 0 Å². The van der Waals surface area contributed by atoms with Crippen molar-refractivity contribution >= 4 is 17.4 Å². The highest BCUT2D eigenvalue weighted by Crippen LogP contribution is 2.24. The predicted molar refractivity (Wildman–Crippen MR) is 51.4 cm³/mol. The molecule has 0 atom stereocenters. The summed E-state index contributed by atoms with van der Waals surface area (Å²) in [6.45, 7) is 0. The third-order valence-corrected chi connectivity index (χ3v) is 2.56. The van der Waals surface area contributed by atoms with Crippen molar-refractivity contribution in [3.05, 3.63) is 12.2 Å². The zero-order valence-electron chi connectivity index (χ0n) is 7.26. The fourth-order valence-electron chi connectivity index (χ4n) is 1.68. The van der Waals surface area contributed by atoms with Crippen molar-refractivity contribution in [1.29, 1.82) is 0 Å². The van der Waals surface area contributed by atoms with Gasteiger partial charge in [-0.25, -0.2) is 0 Å². The van der Waals surface area contributed by atoms with Crippen LogP contribution in [0.5, 0.6) is 0 Å². The maximum atomic E-state index is 11.4. The average Bonchev–Trinajstić information content (AvgIpc) is 2.15. The molecule has 0 heterocycles. The lowest BCUT2D eigenvalue weighted by molar-refractivity contribution is -0.119. The molecule has 2 heteroatoms. The van der Waals surface area contributed by atoms with Crippen LogP contribution >= 0.6 is 11.6 Å². The monoisotopic (exact) mass is 186 g/mol. The summed E-state index contributed by atoms with van der Waals surface area (Å²) in [6, 6.07) is 0. The quantitative estimate of drug-likeness (QED) is 0.489. The maximum Gasteiger partial charge on any atom is 0.158 e. The lowest BCUT2D eigenvalue weighted by atomic mass is 9.86. The van der Waals surface area contributed by atoms with Crippen molar-refractivity contribution in [3.8, 4) is 0 Å². The van der Waals surface area contributed by atoms with Crippen LogP contribution in [0.15, 0.2) is 12.2 Å². The third kappa shape index (κ3) is 2.98. The highest BCUT2D eigenvalue weighted by atomic mass is 35.5. The van der Waals surface area contributed by atoms with Gasteiger partial charge in [0.15, 0.2) is 5.78 Å². The molecule has 68 valence electrons. The molecular weight excluding hydrogens is 172 g/mol. The second-order valence-corrected chi connectivity index (χ2v) is 3.60. The van der Waals surface area contributed by atoms with Gasteiger partial charge in [0.25, 0.3) is 0 Å². The van der Waals surface area contributed by atoms with Gasteiger partial charge in [0.2, 0.25) is 0 Å². The van der Waals surface area contributed by atoms with Gasteiger partial charge in [-0.2, -0.15) is 0 Å². The van der Waals surface area contributed by atoms with Crippen molar-refractivity contribution < 1.29 is 4.79 Å². The largest absolute Gasteiger partial charge is 0.295 e. The first kappa shape index (κ1) is 9.79. The molecular formula is C10H15ClO. The van der Waals surface area contributed by atoms with E-state index in [0.29, 0.717) is 11.8 Å². The molecule has 1 aliphatic rings. The average molecular weight is 187 g/mol. The smallest absolute Gasteiger partial charge is 0.158 e. The molecule has 0 aliphatic heterocycles. The maximum absolute atomic E-state index is 11.4. The van der Waals surface area contributed by atoms with Gasteiger partial charge in [-0.1, -0.05) is 25.3 Å². The second-order valence-electron chi connectivity index (χ2n) is 3.29. The lowest BCUT2D eigenvalue weighted by Gasteiger charge is -2.18. The van der Waals surface area contributed by atoms with Crippen LogP contribution in [-0.4, -0.2) is 11.7 Å². The minimum Gasteiger partial charge on any atom is -0.295 e. The summed E-state index contributed by atoms with van der Waals surface area (Å²) in [5.41, 5.74) is 0. The number of alkyl halides is 1. The van der Waals surface area contributed by atoms with E-state index in [4.69, 9.17) is 11.6 Å². The third-order valence-electron chi connectivity index (χ3n) is 2.38. The molecule has 1 saturated carbocycles. The zero-order chi connectivity index (χ0) is 8.81. The highest BCUT2D eigenvalue weighted by molar-refractivity contribution is 6.19. The molecule has 1 rings (SSSR count). The predicted octanol–water partition coefficient (Wildman–Crippen LogP) is 2.93. The number of halogens is 1.